The van der Waals surface area contributed by atoms with Gasteiger partial charge in [-0.05, 0) is 44.1 Å². The van der Waals surface area contributed by atoms with E-state index < -0.39 is 31.7 Å². The summed E-state index contributed by atoms with van der Waals surface area (Å²) in [6.07, 6.45) is -3.50. The monoisotopic (exact) mass is 342 g/mol. The van der Waals surface area contributed by atoms with E-state index >= 15 is 0 Å². The SMILES string of the molecule is O=S(=O)(NC1CCNCC1)c1ccc(Cl)c(C(F)(F)F)c1. The Morgan fingerprint density at radius 1 is 1.24 bits per heavy atom. The van der Waals surface area contributed by atoms with E-state index in [2.05, 4.69) is 10.0 Å². The third kappa shape index (κ3) is 4.09. The van der Waals surface area contributed by atoms with Gasteiger partial charge in [-0.25, -0.2) is 13.1 Å². The molecule has 1 aromatic rings. The number of hydrogen-bond acceptors (Lipinski definition) is 3. The predicted molar refractivity (Wildman–Crippen MR) is 72.7 cm³/mol. The van der Waals surface area contributed by atoms with Gasteiger partial charge in [0.05, 0.1) is 15.5 Å². The zero-order valence-corrected chi connectivity index (χ0v) is 12.4. The molecule has 1 aliphatic heterocycles. The van der Waals surface area contributed by atoms with Crippen LogP contribution in [0.2, 0.25) is 5.02 Å². The second-order valence-corrected chi connectivity index (χ2v) is 6.91. The van der Waals surface area contributed by atoms with E-state index in [1.54, 1.807) is 0 Å². The fourth-order valence-electron chi connectivity index (χ4n) is 2.12. The molecule has 0 radical (unpaired) electrons. The standard InChI is InChI=1S/C12H14ClF3N2O2S/c13-11-2-1-9(7-10(11)12(14,15)16)21(19,20)18-8-3-5-17-6-4-8/h1-2,7-8,17-18H,3-6H2. The van der Waals surface area contributed by atoms with Gasteiger partial charge in [-0.3, -0.25) is 0 Å². The Morgan fingerprint density at radius 2 is 1.86 bits per heavy atom. The lowest BCUT2D eigenvalue weighted by molar-refractivity contribution is -0.137. The van der Waals surface area contributed by atoms with Crippen LogP contribution in [0.3, 0.4) is 0 Å². The molecule has 1 saturated heterocycles. The number of benzene rings is 1. The lowest BCUT2D eigenvalue weighted by atomic mass is 10.1. The Morgan fingerprint density at radius 3 is 2.43 bits per heavy atom. The van der Waals surface area contributed by atoms with Crippen molar-refractivity contribution in [3.8, 4) is 0 Å². The maximum absolute atomic E-state index is 12.8. The molecule has 1 aliphatic rings. The smallest absolute Gasteiger partial charge is 0.317 e. The van der Waals surface area contributed by atoms with Gasteiger partial charge in [0, 0.05) is 6.04 Å². The molecule has 0 aliphatic carbocycles. The van der Waals surface area contributed by atoms with Crippen molar-refractivity contribution in [2.24, 2.45) is 0 Å². The molecule has 0 saturated carbocycles. The Hall–Kier alpha value is -0.830. The van der Waals surface area contributed by atoms with Gasteiger partial charge in [-0.15, -0.1) is 0 Å². The van der Waals surface area contributed by atoms with E-state index in [-0.39, 0.29) is 6.04 Å². The lowest BCUT2D eigenvalue weighted by Crippen LogP contribution is -2.42. The highest BCUT2D eigenvalue weighted by Crippen LogP contribution is 2.35. The number of nitrogens with one attached hydrogen (secondary N) is 2. The van der Waals surface area contributed by atoms with Gasteiger partial charge in [-0.2, -0.15) is 13.2 Å². The minimum atomic E-state index is -4.70. The molecule has 4 nitrogen and oxygen atoms in total. The van der Waals surface area contributed by atoms with Crippen molar-refractivity contribution in [3.63, 3.8) is 0 Å². The minimum Gasteiger partial charge on any atom is -0.317 e. The van der Waals surface area contributed by atoms with Crippen LogP contribution in [0.4, 0.5) is 13.2 Å². The van der Waals surface area contributed by atoms with Gasteiger partial charge in [-0.1, -0.05) is 11.6 Å². The van der Waals surface area contributed by atoms with Crippen LogP contribution in [0.5, 0.6) is 0 Å². The molecule has 1 fully saturated rings. The Bertz CT molecular complexity index is 613. The molecule has 1 aromatic carbocycles. The fraction of sp³-hybridized carbons (Fsp3) is 0.500. The number of halogens is 4. The number of rotatable bonds is 3. The van der Waals surface area contributed by atoms with Crippen molar-refractivity contribution in [2.45, 2.75) is 30.0 Å². The molecule has 0 aromatic heterocycles. The van der Waals surface area contributed by atoms with E-state index in [0.29, 0.717) is 32.0 Å². The van der Waals surface area contributed by atoms with Gasteiger partial charge < -0.3 is 5.32 Å². The molecule has 0 spiro atoms. The second kappa shape index (κ2) is 6.12. The van der Waals surface area contributed by atoms with Crippen molar-refractivity contribution >= 4 is 21.6 Å². The van der Waals surface area contributed by atoms with E-state index in [0.717, 1.165) is 12.1 Å². The van der Waals surface area contributed by atoms with Crippen molar-refractivity contribution < 1.29 is 21.6 Å². The molecule has 9 heteroatoms. The first kappa shape index (κ1) is 16.5. The van der Waals surface area contributed by atoms with Gasteiger partial charge in [0.2, 0.25) is 10.0 Å². The normalized spacial score (nSPS) is 17.9. The molecule has 0 bridgehead atoms. The Labute approximate surface area is 125 Å². The average Bonchev–Trinajstić information content (AvgIpc) is 2.38. The van der Waals surface area contributed by atoms with E-state index in [4.69, 9.17) is 11.6 Å². The van der Waals surface area contributed by atoms with Crippen LogP contribution in [-0.2, 0) is 16.2 Å². The molecular weight excluding hydrogens is 329 g/mol. The summed E-state index contributed by atoms with van der Waals surface area (Å²) in [6.45, 7) is 1.34. The minimum absolute atomic E-state index is 0.277. The topological polar surface area (TPSA) is 58.2 Å². The third-order valence-electron chi connectivity index (χ3n) is 3.21. The van der Waals surface area contributed by atoms with E-state index in [9.17, 15) is 21.6 Å². The summed E-state index contributed by atoms with van der Waals surface area (Å²) in [6, 6.07) is 2.30. The number of alkyl halides is 3. The van der Waals surface area contributed by atoms with Crippen LogP contribution in [0.15, 0.2) is 23.1 Å². The highest BCUT2D eigenvalue weighted by Gasteiger charge is 2.34. The Kier molecular flexibility index (Phi) is 4.82. The van der Waals surface area contributed by atoms with Crippen LogP contribution in [0.25, 0.3) is 0 Å². The first-order valence-corrected chi connectivity index (χ1v) is 8.16. The fourth-order valence-corrected chi connectivity index (χ4v) is 3.67. The zero-order chi connectivity index (χ0) is 15.7. The van der Waals surface area contributed by atoms with Crippen molar-refractivity contribution in [1.29, 1.82) is 0 Å². The number of sulfonamides is 1. The third-order valence-corrected chi connectivity index (χ3v) is 5.06. The summed E-state index contributed by atoms with van der Waals surface area (Å²) in [4.78, 5) is -0.433. The maximum Gasteiger partial charge on any atom is 0.417 e. The second-order valence-electron chi connectivity index (χ2n) is 4.78. The molecule has 118 valence electrons. The van der Waals surface area contributed by atoms with Crippen LogP contribution in [0, 0.1) is 0 Å². The molecule has 0 amide bonds. The molecule has 2 rings (SSSR count). The summed E-state index contributed by atoms with van der Waals surface area (Å²) in [5, 5.41) is 2.55. The number of piperidine rings is 1. The summed E-state index contributed by atoms with van der Waals surface area (Å²) in [7, 11) is -4.00. The van der Waals surface area contributed by atoms with Gasteiger partial charge in [0.1, 0.15) is 0 Å². The highest BCUT2D eigenvalue weighted by atomic mass is 35.5. The summed E-state index contributed by atoms with van der Waals surface area (Å²) in [5.74, 6) is 0. The van der Waals surface area contributed by atoms with Gasteiger partial charge in [0.15, 0.2) is 0 Å². The Balaban J connectivity index is 2.27. The highest BCUT2D eigenvalue weighted by molar-refractivity contribution is 7.89. The molecule has 1 heterocycles. The van der Waals surface area contributed by atoms with Gasteiger partial charge in [0.25, 0.3) is 0 Å². The molecular formula is C12H14ClF3N2O2S. The first-order valence-electron chi connectivity index (χ1n) is 6.30. The largest absolute Gasteiger partial charge is 0.417 e. The molecule has 0 unspecified atom stereocenters. The summed E-state index contributed by atoms with van der Waals surface area (Å²) in [5.41, 5.74) is -1.16. The molecule has 2 N–H and O–H groups in total. The van der Waals surface area contributed by atoms with Crippen LogP contribution in [-0.4, -0.2) is 27.5 Å². The van der Waals surface area contributed by atoms with Crippen molar-refractivity contribution in [2.75, 3.05) is 13.1 Å². The van der Waals surface area contributed by atoms with E-state index in [1.165, 1.54) is 0 Å². The van der Waals surface area contributed by atoms with E-state index in [1.807, 2.05) is 0 Å². The maximum atomic E-state index is 12.8. The first-order chi connectivity index (χ1) is 9.70. The molecule has 0 atom stereocenters. The number of hydrogen-bond donors (Lipinski definition) is 2. The summed E-state index contributed by atoms with van der Waals surface area (Å²) >= 11 is 5.48. The van der Waals surface area contributed by atoms with Gasteiger partial charge >= 0.3 is 6.18 Å². The quantitative estimate of drug-likeness (QED) is 0.886. The van der Waals surface area contributed by atoms with Crippen LogP contribution >= 0.6 is 11.6 Å². The van der Waals surface area contributed by atoms with Crippen LogP contribution in [0.1, 0.15) is 18.4 Å². The van der Waals surface area contributed by atoms with Crippen molar-refractivity contribution in [3.05, 3.63) is 28.8 Å². The average molecular weight is 343 g/mol. The summed E-state index contributed by atoms with van der Waals surface area (Å²) < 4.78 is 65.0. The van der Waals surface area contributed by atoms with Crippen molar-refractivity contribution in [1.82, 2.24) is 10.0 Å². The lowest BCUT2D eigenvalue weighted by Gasteiger charge is -2.23. The predicted octanol–water partition coefficient (Wildman–Crippen LogP) is 2.39. The molecule has 21 heavy (non-hydrogen) atoms. The van der Waals surface area contributed by atoms with Crippen LogP contribution < -0.4 is 10.0 Å². The zero-order valence-electron chi connectivity index (χ0n) is 10.9.